The van der Waals surface area contributed by atoms with Gasteiger partial charge in [0.1, 0.15) is 22.9 Å². The van der Waals surface area contributed by atoms with Crippen molar-refractivity contribution >= 4 is 33.7 Å². The smallest absolute Gasteiger partial charge is 0.408 e. The largest absolute Gasteiger partial charge is 0.444 e. The molecule has 2 atom stereocenters. The summed E-state index contributed by atoms with van der Waals surface area (Å²) in [5.74, 6) is 1.34. The minimum atomic E-state index is -0.599. The molecule has 5 rings (SSSR count). The van der Waals surface area contributed by atoms with E-state index in [1.165, 1.54) is 0 Å². The molecule has 0 bridgehead atoms. The number of H-pyrrole nitrogens is 2. The molecule has 2 heterocycles. The van der Waals surface area contributed by atoms with Crippen LogP contribution in [0, 0.1) is 10.8 Å². The van der Waals surface area contributed by atoms with Gasteiger partial charge in [-0.25, -0.2) is 19.6 Å². The second-order valence-electron chi connectivity index (χ2n) is 17.2. The van der Waals surface area contributed by atoms with Crippen molar-refractivity contribution in [3.63, 3.8) is 0 Å². The summed E-state index contributed by atoms with van der Waals surface area (Å²) >= 11 is 0. The van der Waals surface area contributed by atoms with Crippen LogP contribution in [0.3, 0.4) is 0 Å². The van der Waals surface area contributed by atoms with Crippen LogP contribution in [-0.4, -0.2) is 43.3 Å². The van der Waals surface area contributed by atoms with E-state index >= 15 is 0 Å². The standard InChI is InChI=1S/C40H52N6O4/c1-37(2,3)31(45-35(47)49-39(7,8)9)33-41-21-29(43-33)25-15-13-23-18-28-20-26(16-14-24(28)17-27(23)19-25)30-22-42-34(44-30)32(38(4,5)6)46-36(48)50-40(10,11)12/h13-22,31-32H,1-12H3,(H,41,43)(H,42,44)(H,45,47)(H,46,48)/t31-,32?/m1/s1. The van der Waals surface area contributed by atoms with Gasteiger partial charge in [-0.2, -0.15) is 0 Å². The predicted molar refractivity (Wildman–Crippen MR) is 200 cm³/mol. The number of ether oxygens (including phenoxy) is 2. The normalized spacial score (nSPS) is 14.0. The Morgan fingerprint density at radius 2 is 0.920 bits per heavy atom. The van der Waals surface area contributed by atoms with Gasteiger partial charge < -0.3 is 30.1 Å². The molecule has 4 N–H and O–H groups in total. The van der Waals surface area contributed by atoms with Crippen molar-refractivity contribution in [2.24, 2.45) is 10.8 Å². The average molecular weight is 681 g/mol. The first kappa shape index (κ1) is 36.4. The zero-order valence-electron chi connectivity index (χ0n) is 31.5. The van der Waals surface area contributed by atoms with E-state index in [-0.39, 0.29) is 22.9 Å². The molecule has 0 fully saturated rings. The minimum absolute atomic E-state index is 0.309. The Hall–Kier alpha value is -4.86. The van der Waals surface area contributed by atoms with Crippen LogP contribution < -0.4 is 10.6 Å². The highest BCUT2D eigenvalue weighted by molar-refractivity contribution is 6.00. The molecule has 0 spiro atoms. The predicted octanol–water partition coefficient (Wildman–Crippen LogP) is 10.00. The van der Waals surface area contributed by atoms with Gasteiger partial charge in [-0.05, 0) is 98.2 Å². The number of carbonyl (C=O) groups excluding carboxylic acids is 2. The molecule has 0 aliphatic heterocycles. The average Bonchev–Trinajstić information content (AvgIpc) is 3.65. The molecular formula is C40H52N6O4. The van der Waals surface area contributed by atoms with Gasteiger partial charge in [-0.15, -0.1) is 0 Å². The van der Waals surface area contributed by atoms with E-state index in [0.717, 1.165) is 44.1 Å². The van der Waals surface area contributed by atoms with Crippen LogP contribution in [0.15, 0.2) is 60.9 Å². The van der Waals surface area contributed by atoms with Crippen molar-refractivity contribution < 1.29 is 19.1 Å². The van der Waals surface area contributed by atoms with Crippen molar-refractivity contribution in [1.82, 2.24) is 30.6 Å². The fraction of sp³-hybridized carbons (Fsp3) is 0.450. The van der Waals surface area contributed by atoms with Crippen LogP contribution in [0.4, 0.5) is 9.59 Å². The molecule has 0 radical (unpaired) electrons. The second-order valence-corrected chi connectivity index (χ2v) is 17.2. The van der Waals surface area contributed by atoms with Crippen molar-refractivity contribution in [3.05, 3.63) is 72.6 Å². The number of aromatic nitrogens is 4. The number of aromatic amines is 2. The van der Waals surface area contributed by atoms with Crippen molar-refractivity contribution in [3.8, 4) is 22.5 Å². The van der Waals surface area contributed by atoms with Gasteiger partial charge >= 0.3 is 12.2 Å². The fourth-order valence-corrected chi connectivity index (χ4v) is 5.83. The van der Waals surface area contributed by atoms with Crippen molar-refractivity contribution in [1.29, 1.82) is 0 Å². The molecule has 0 saturated carbocycles. The SMILES string of the molecule is CC(C)(C)OC(=O)NC(c1ncc(-c2ccc3cc4cc(-c5cnc([C@@H](NC(=O)OC(C)(C)C)C(C)(C)C)[nH]5)ccc4cc3c2)[nH]1)C(C)(C)C. The minimum Gasteiger partial charge on any atom is -0.444 e. The third-order valence-corrected chi connectivity index (χ3v) is 8.21. The Labute approximate surface area is 295 Å². The van der Waals surface area contributed by atoms with Crippen molar-refractivity contribution in [2.45, 2.75) is 106 Å². The van der Waals surface area contributed by atoms with Crippen LogP contribution in [-0.2, 0) is 9.47 Å². The maximum Gasteiger partial charge on any atom is 0.408 e. The van der Waals surface area contributed by atoms with Gasteiger partial charge in [-0.1, -0.05) is 65.8 Å². The molecule has 2 aromatic heterocycles. The Morgan fingerprint density at radius 3 is 1.24 bits per heavy atom. The van der Waals surface area contributed by atoms with Gasteiger partial charge in [0.15, 0.2) is 0 Å². The zero-order chi connectivity index (χ0) is 36.8. The van der Waals surface area contributed by atoms with Gasteiger partial charge in [0.2, 0.25) is 0 Å². The second kappa shape index (κ2) is 13.1. The number of hydrogen-bond donors (Lipinski definition) is 4. The third kappa shape index (κ3) is 8.83. The number of benzene rings is 3. The number of imidazole rings is 2. The number of fused-ring (bicyclic) bond motifs is 2. The van der Waals surface area contributed by atoms with Gasteiger partial charge in [0.25, 0.3) is 0 Å². The molecule has 0 aliphatic carbocycles. The van der Waals surface area contributed by atoms with E-state index in [2.05, 4.69) is 121 Å². The summed E-state index contributed by atoms with van der Waals surface area (Å²) in [4.78, 5) is 41.6. The summed E-state index contributed by atoms with van der Waals surface area (Å²) in [6, 6.07) is 16.3. The molecule has 0 aliphatic rings. The summed E-state index contributed by atoms with van der Waals surface area (Å²) < 4.78 is 11.1. The summed E-state index contributed by atoms with van der Waals surface area (Å²) in [6.45, 7) is 23.4. The first-order valence-corrected chi connectivity index (χ1v) is 17.1. The Kier molecular flexibility index (Phi) is 9.55. The van der Waals surface area contributed by atoms with E-state index in [9.17, 15) is 9.59 Å². The maximum absolute atomic E-state index is 12.7. The molecule has 0 saturated heterocycles. The molecule has 10 nitrogen and oxygen atoms in total. The molecule has 5 aromatic rings. The van der Waals surface area contributed by atoms with E-state index in [0.29, 0.717) is 11.6 Å². The maximum atomic E-state index is 12.7. The van der Waals surface area contributed by atoms with Gasteiger partial charge in [-0.3, -0.25) is 0 Å². The monoisotopic (exact) mass is 680 g/mol. The Bertz CT molecular complexity index is 1870. The third-order valence-electron chi connectivity index (χ3n) is 8.21. The van der Waals surface area contributed by atoms with Gasteiger partial charge in [0, 0.05) is 11.1 Å². The lowest BCUT2D eigenvalue weighted by molar-refractivity contribution is 0.0448. The Morgan fingerprint density at radius 1 is 0.560 bits per heavy atom. The zero-order valence-corrected chi connectivity index (χ0v) is 31.5. The molecule has 2 amide bonds. The molecular weight excluding hydrogens is 628 g/mol. The van der Waals surface area contributed by atoms with E-state index < -0.39 is 23.4 Å². The highest BCUT2D eigenvalue weighted by Crippen LogP contribution is 2.36. The molecule has 3 aromatic carbocycles. The van der Waals surface area contributed by atoms with Crippen LogP contribution in [0.25, 0.3) is 44.1 Å². The Balaban J connectivity index is 1.39. The summed E-state index contributed by atoms with van der Waals surface area (Å²) in [5.41, 5.74) is 1.90. The molecule has 10 heteroatoms. The molecule has 1 unspecified atom stereocenters. The highest BCUT2D eigenvalue weighted by Gasteiger charge is 2.33. The number of carbonyl (C=O) groups is 2. The van der Waals surface area contributed by atoms with Crippen LogP contribution in [0.2, 0.25) is 0 Å². The fourth-order valence-electron chi connectivity index (χ4n) is 5.83. The summed E-state index contributed by atoms with van der Waals surface area (Å²) in [7, 11) is 0. The number of alkyl carbamates (subject to hydrolysis) is 2. The van der Waals surface area contributed by atoms with Crippen molar-refractivity contribution in [2.75, 3.05) is 0 Å². The first-order valence-electron chi connectivity index (χ1n) is 17.1. The summed E-state index contributed by atoms with van der Waals surface area (Å²) in [5, 5.41) is 10.4. The lowest BCUT2D eigenvalue weighted by Gasteiger charge is -2.31. The topological polar surface area (TPSA) is 134 Å². The molecule has 50 heavy (non-hydrogen) atoms. The lowest BCUT2D eigenvalue weighted by atomic mass is 9.86. The lowest BCUT2D eigenvalue weighted by Crippen LogP contribution is -2.40. The van der Waals surface area contributed by atoms with Gasteiger partial charge in [0.05, 0.1) is 35.9 Å². The summed E-state index contributed by atoms with van der Waals surface area (Å²) in [6.07, 6.45) is 2.66. The van der Waals surface area contributed by atoms with Crippen LogP contribution >= 0.6 is 0 Å². The number of nitrogens with one attached hydrogen (secondary N) is 4. The quantitative estimate of drug-likeness (QED) is 0.132. The van der Waals surface area contributed by atoms with E-state index in [4.69, 9.17) is 9.47 Å². The first-order chi connectivity index (χ1) is 23.1. The number of nitrogens with zero attached hydrogens (tertiary/aromatic N) is 2. The highest BCUT2D eigenvalue weighted by atomic mass is 16.6. The number of rotatable bonds is 6. The van der Waals surface area contributed by atoms with E-state index in [1.807, 2.05) is 53.9 Å². The number of hydrogen-bond acceptors (Lipinski definition) is 6. The number of amides is 2. The van der Waals surface area contributed by atoms with E-state index in [1.54, 1.807) is 0 Å². The van der Waals surface area contributed by atoms with Crippen LogP contribution in [0.1, 0.15) is 107 Å². The molecule has 266 valence electrons. The van der Waals surface area contributed by atoms with Crippen LogP contribution in [0.5, 0.6) is 0 Å².